The molecule has 0 atom stereocenters. The molecule has 0 N–H and O–H groups in total. The van der Waals surface area contributed by atoms with Crippen LogP contribution >= 0.6 is 26.8 Å². The zero-order chi connectivity index (χ0) is 6.78. The average molecular weight is 282 g/mol. The maximum absolute atomic E-state index is 5.39. The molecule has 0 aromatic rings. The molecule has 0 aromatic carbocycles. The Labute approximate surface area is 64.1 Å². The molecule has 0 saturated carbocycles. The van der Waals surface area contributed by atoms with E-state index in [-0.39, 0.29) is 0 Å². The van der Waals surface area contributed by atoms with Gasteiger partial charge in [0, 0.05) is 0 Å². The second-order valence-electron chi connectivity index (χ2n) is 1.25. The quantitative estimate of drug-likeness (QED) is 0.559. The molecule has 0 rings (SSSR count). The van der Waals surface area contributed by atoms with E-state index in [2.05, 4.69) is 6.58 Å². The first-order valence-corrected chi connectivity index (χ1v) is 13.8. The van der Waals surface area contributed by atoms with Crippen LogP contribution in [-0.2, 0) is 3.07 Å². The van der Waals surface area contributed by atoms with Gasteiger partial charge in [-0.25, -0.2) is 0 Å². The van der Waals surface area contributed by atoms with E-state index in [4.69, 9.17) is 29.8 Å². The molecule has 0 unspecified atom stereocenters. The first-order valence-electron chi connectivity index (χ1n) is 1.83. The summed E-state index contributed by atoms with van der Waals surface area (Å²) >= 11 is -3.54. The summed E-state index contributed by atoms with van der Waals surface area (Å²) in [5.41, 5.74) is 0. The molecule has 0 heterocycles. The third-order valence-electron chi connectivity index (χ3n) is 0.290. The fourth-order valence-electron chi connectivity index (χ4n) is 0.198. The molecule has 0 aliphatic carbocycles. The summed E-state index contributed by atoms with van der Waals surface area (Å²) in [4.78, 5) is 0. The zero-order valence-electron chi connectivity index (χ0n) is 4.25. The Morgan fingerprint density at radius 3 is 1.88 bits per heavy atom. The van der Waals surface area contributed by atoms with Gasteiger partial charge in [-0.15, -0.1) is 0 Å². The van der Waals surface area contributed by atoms with Crippen LogP contribution in [0.4, 0.5) is 0 Å². The van der Waals surface area contributed by atoms with Crippen molar-refractivity contribution in [3.63, 3.8) is 0 Å². The molecular formula is C3H5Cl3OSn. The van der Waals surface area contributed by atoms with Gasteiger partial charge in [0.1, 0.15) is 0 Å². The van der Waals surface area contributed by atoms with E-state index < -0.39 is 15.4 Å². The van der Waals surface area contributed by atoms with Crippen LogP contribution in [0.5, 0.6) is 0 Å². The monoisotopic (exact) mass is 282 g/mol. The van der Waals surface area contributed by atoms with E-state index in [0.29, 0.717) is 5.76 Å². The van der Waals surface area contributed by atoms with Gasteiger partial charge in [0.2, 0.25) is 0 Å². The summed E-state index contributed by atoms with van der Waals surface area (Å²) in [6, 6.07) is 0. The second-order valence-corrected chi connectivity index (χ2v) is 19.0. The Bertz CT molecular complexity index is 97.2. The van der Waals surface area contributed by atoms with Crippen molar-refractivity contribution in [2.75, 3.05) is 0 Å². The molecule has 5 heteroatoms. The Kier molecular flexibility index (Phi) is 3.91. The number of allylic oxidation sites excluding steroid dienone is 1. The molecule has 0 spiro atoms. The molecule has 0 bridgehead atoms. The predicted octanol–water partition coefficient (Wildman–Crippen LogP) is 2.69. The van der Waals surface area contributed by atoms with Crippen LogP contribution in [-0.4, -0.2) is 15.4 Å². The standard InChI is InChI=1S/C3H6O.3ClH.Sn/c1-3(2)4;;;;/h4H,1H2,2H3;3*1H;/q;;;;+4/p-4. The Balaban J connectivity index is 3.55. The second kappa shape index (κ2) is 3.40. The summed E-state index contributed by atoms with van der Waals surface area (Å²) in [6.45, 7) is 5.07. The van der Waals surface area contributed by atoms with Crippen molar-refractivity contribution >= 4 is 42.2 Å². The molecule has 0 saturated heterocycles. The van der Waals surface area contributed by atoms with Gasteiger partial charge in [-0.3, -0.25) is 0 Å². The van der Waals surface area contributed by atoms with Crippen LogP contribution in [0.2, 0.25) is 0 Å². The first kappa shape index (κ1) is 9.21. The predicted molar refractivity (Wildman–Crippen MR) is 39.2 cm³/mol. The van der Waals surface area contributed by atoms with Crippen LogP contribution in [0.25, 0.3) is 0 Å². The van der Waals surface area contributed by atoms with Crippen molar-refractivity contribution in [1.29, 1.82) is 0 Å². The molecule has 0 aliphatic rings. The number of hydrogen-bond donors (Lipinski definition) is 0. The molecule has 0 aliphatic heterocycles. The van der Waals surface area contributed by atoms with Crippen LogP contribution in [0.15, 0.2) is 12.3 Å². The molecule has 8 heavy (non-hydrogen) atoms. The van der Waals surface area contributed by atoms with Crippen molar-refractivity contribution in [2.24, 2.45) is 0 Å². The van der Waals surface area contributed by atoms with Crippen LogP contribution < -0.4 is 0 Å². The Hall–Kier alpha value is 1.21. The van der Waals surface area contributed by atoms with E-state index in [1.165, 1.54) is 0 Å². The Morgan fingerprint density at radius 2 is 1.88 bits per heavy atom. The van der Waals surface area contributed by atoms with Gasteiger partial charge in [-0.2, -0.15) is 0 Å². The van der Waals surface area contributed by atoms with Crippen molar-refractivity contribution in [1.82, 2.24) is 0 Å². The molecular weight excluding hydrogens is 277 g/mol. The maximum atomic E-state index is 5.39. The van der Waals surface area contributed by atoms with E-state index in [9.17, 15) is 0 Å². The van der Waals surface area contributed by atoms with E-state index in [0.717, 1.165) is 0 Å². The van der Waals surface area contributed by atoms with Gasteiger partial charge in [-0.05, 0) is 0 Å². The minimum absolute atomic E-state index is 0.473. The van der Waals surface area contributed by atoms with Crippen molar-refractivity contribution < 1.29 is 3.07 Å². The topological polar surface area (TPSA) is 9.23 Å². The fraction of sp³-hybridized carbons (Fsp3) is 0.333. The molecule has 0 radical (unpaired) electrons. The molecule has 1 nitrogen and oxygen atoms in total. The summed E-state index contributed by atoms with van der Waals surface area (Å²) in [7, 11) is 16.2. The third kappa shape index (κ3) is 7.21. The normalized spacial score (nSPS) is 11.0. The van der Waals surface area contributed by atoms with Gasteiger partial charge in [0.05, 0.1) is 0 Å². The van der Waals surface area contributed by atoms with Crippen molar-refractivity contribution in [2.45, 2.75) is 6.92 Å². The molecule has 0 aromatic heterocycles. The number of rotatable bonds is 2. The van der Waals surface area contributed by atoms with Gasteiger partial charge in [0.15, 0.2) is 0 Å². The van der Waals surface area contributed by atoms with Crippen molar-refractivity contribution in [3.05, 3.63) is 12.3 Å². The third-order valence-corrected chi connectivity index (χ3v) is 3.50. The zero-order valence-corrected chi connectivity index (χ0v) is 9.37. The van der Waals surface area contributed by atoms with E-state index in [1.807, 2.05) is 0 Å². The van der Waals surface area contributed by atoms with Gasteiger partial charge >= 0.3 is 64.5 Å². The van der Waals surface area contributed by atoms with Gasteiger partial charge in [0.25, 0.3) is 0 Å². The Morgan fingerprint density at radius 1 is 1.50 bits per heavy atom. The molecule has 0 amide bonds. The van der Waals surface area contributed by atoms with Crippen LogP contribution in [0.1, 0.15) is 6.92 Å². The van der Waals surface area contributed by atoms with E-state index in [1.54, 1.807) is 6.92 Å². The average Bonchev–Trinajstić information content (AvgIpc) is 1.21. The fourth-order valence-corrected chi connectivity index (χ4v) is 3.98. The summed E-state index contributed by atoms with van der Waals surface area (Å²) < 4.78 is 4.75. The summed E-state index contributed by atoms with van der Waals surface area (Å²) in [5, 5.41) is 0. The van der Waals surface area contributed by atoms with Crippen LogP contribution in [0, 0.1) is 0 Å². The summed E-state index contributed by atoms with van der Waals surface area (Å²) in [5.74, 6) is 0.473. The van der Waals surface area contributed by atoms with Gasteiger partial charge in [-0.1, -0.05) is 0 Å². The number of hydrogen-bond acceptors (Lipinski definition) is 1. The van der Waals surface area contributed by atoms with E-state index >= 15 is 0 Å². The summed E-state index contributed by atoms with van der Waals surface area (Å²) in [6.07, 6.45) is 0. The number of halogens is 3. The van der Waals surface area contributed by atoms with Crippen molar-refractivity contribution in [3.8, 4) is 0 Å². The van der Waals surface area contributed by atoms with Gasteiger partial charge < -0.3 is 0 Å². The SMILES string of the molecule is C=C(C)[O][Sn]([Cl])([Cl])[Cl]. The first-order chi connectivity index (χ1) is 3.42. The van der Waals surface area contributed by atoms with Crippen LogP contribution in [0.3, 0.4) is 0 Å². The molecule has 48 valence electrons. The minimum atomic E-state index is -3.54. The molecule has 0 fully saturated rings.